The molecule has 0 aromatic heterocycles. The fraction of sp³-hybridized carbons (Fsp3) is 0.550. The van der Waals surface area contributed by atoms with Crippen LogP contribution in [0.3, 0.4) is 0 Å². The molecular formula is C20H31NO2. The molecule has 0 radical (unpaired) electrons. The molecule has 1 aromatic rings. The van der Waals surface area contributed by atoms with Crippen LogP contribution in [0, 0.1) is 0 Å². The molecule has 128 valence electrons. The maximum atomic E-state index is 12.2. The van der Waals surface area contributed by atoms with Gasteiger partial charge in [0.2, 0.25) is 5.91 Å². The number of amides is 1. The van der Waals surface area contributed by atoms with E-state index in [0.29, 0.717) is 19.6 Å². The van der Waals surface area contributed by atoms with E-state index in [2.05, 4.69) is 13.5 Å². The Morgan fingerprint density at radius 2 is 1.74 bits per heavy atom. The van der Waals surface area contributed by atoms with E-state index in [9.17, 15) is 4.79 Å². The molecule has 3 heteroatoms. The summed E-state index contributed by atoms with van der Waals surface area (Å²) in [5.41, 5.74) is 1.06. The van der Waals surface area contributed by atoms with Crippen molar-refractivity contribution in [2.24, 2.45) is 0 Å². The normalized spacial score (nSPS) is 10.5. The van der Waals surface area contributed by atoms with E-state index in [-0.39, 0.29) is 5.91 Å². The third-order valence-corrected chi connectivity index (χ3v) is 3.80. The van der Waals surface area contributed by atoms with Gasteiger partial charge in [-0.05, 0) is 12.0 Å². The van der Waals surface area contributed by atoms with E-state index in [1.54, 1.807) is 6.08 Å². The SMILES string of the molecule is C=CCN(OCc1ccccc1)C(=O)CCCCCCCCC. The lowest BCUT2D eigenvalue weighted by atomic mass is 10.1. The highest BCUT2D eigenvalue weighted by atomic mass is 16.7. The molecule has 0 N–H and O–H groups in total. The van der Waals surface area contributed by atoms with Crippen LogP contribution in [0.2, 0.25) is 0 Å². The minimum absolute atomic E-state index is 0.0504. The maximum Gasteiger partial charge on any atom is 0.246 e. The van der Waals surface area contributed by atoms with Gasteiger partial charge in [0.1, 0.15) is 6.61 Å². The van der Waals surface area contributed by atoms with Crippen LogP contribution in [0.25, 0.3) is 0 Å². The number of hydroxylamine groups is 2. The van der Waals surface area contributed by atoms with Gasteiger partial charge in [-0.2, -0.15) is 0 Å². The molecular weight excluding hydrogens is 286 g/mol. The van der Waals surface area contributed by atoms with Crippen molar-refractivity contribution in [3.05, 3.63) is 48.6 Å². The van der Waals surface area contributed by atoms with Gasteiger partial charge >= 0.3 is 0 Å². The Morgan fingerprint density at radius 1 is 1.09 bits per heavy atom. The Balaban J connectivity index is 2.24. The average molecular weight is 317 g/mol. The zero-order valence-electron chi connectivity index (χ0n) is 14.5. The van der Waals surface area contributed by atoms with Crippen LogP contribution in [-0.4, -0.2) is 17.5 Å². The van der Waals surface area contributed by atoms with Crippen molar-refractivity contribution in [2.75, 3.05) is 6.54 Å². The Bertz CT molecular complexity index is 431. The van der Waals surface area contributed by atoms with E-state index in [4.69, 9.17) is 4.84 Å². The van der Waals surface area contributed by atoms with Crippen LogP contribution in [0.5, 0.6) is 0 Å². The topological polar surface area (TPSA) is 29.5 Å². The number of rotatable bonds is 13. The van der Waals surface area contributed by atoms with Crippen LogP contribution in [0.1, 0.15) is 63.9 Å². The van der Waals surface area contributed by atoms with E-state index in [1.807, 2.05) is 30.3 Å². The summed E-state index contributed by atoms with van der Waals surface area (Å²) in [4.78, 5) is 17.9. The van der Waals surface area contributed by atoms with Gasteiger partial charge in [0, 0.05) is 6.42 Å². The largest absolute Gasteiger partial charge is 0.273 e. The van der Waals surface area contributed by atoms with Gasteiger partial charge in [-0.15, -0.1) is 6.58 Å². The smallest absolute Gasteiger partial charge is 0.246 e. The highest BCUT2D eigenvalue weighted by Crippen LogP contribution is 2.11. The zero-order valence-corrected chi connectivity index (χ0v) is 14.5. The van der Waals surface area contributed by atoms with Crippen molar-refractivity contribution < 1.29 is 9.63 Å². The Hall–Kier alpha value is -1.61. The third-order valence-electron chi connectivity index (χ3n) is 3.80. The van der Waals surface area contributed by atoms with Gasteiger partial charge in [0.25, 0.3) is 0 Å². The Labute approximate surface area is 141 Å². The lowest BCUT2D eigenvalue weighted by molar-refractivity contribution is -0.188. The average Bonchev–Trinajstić information content (AvgIpc) is 2.58. The summed E-state index contributed by atoms with van der Waals surface area (Å²) < 4.78 is 0. The summed E-state index contributed by atoms with van der Waals surface area (Å²) in [6.07, 6.45) is 10.7. The fourth-order valence-electron chi connectivity index (χ4n) is 2.43. The lowest BCUT2D eigenvalue weighted by Gasteiger charge is -2.20. The van der Waals surface area contributed by atoms with E-state index in [0.717, 1.165) is 18.4 Å². The van der Waals surface area contributed by atoms with Crippen LogP contribution >= 0.6 is 0 Å². The number of unbranched alkanes of at least 4 members (excludes halogenated alkanes) is 6. The molecule has 23 heavy (non-hydrogen) atoms. The molecule has 0 atom stereocenters. The van der Waals surface area contributed by atoms with Crippen molar-refractivity contribution in [2.45, 2.75) is 64.9 Å². The number of hydrogen-bond donors (Lipinski definition) is 0. The zero-order chi connectivity index (χ0) is 16.8. The van der Waals surface area contributed by atoms with Crippen molar-refractivity contribution in [1.29, 1.82) is 0 Å². The molecule has 0 spiro atoms. The highest BCUT2D eigenvalue weighted by molar-refractivity contribution is 5.75. The predicted octanol–water partition coefficient (Wildman–Crippen LogP) is 5.27. The molecule has 0 aliphatic carbocycles. The molecule has 0 saturated heterocycles. The van der Waals surface area contributed by atoms with E-state index >= 15 is 0 Å². The Morgan fingerprint density at radius 3 is 2.39 bits per heavy atom. The standard InChI is InChI=1S/C20H31NO2/c1-3-5-6-7-8-9-13-16-20(22)21(17-4-2)23-18-19-14-11-10-12-15-19/h4,10-12,14-15H,2-3,5-9,13,16-18H2,1H3. The van der Waals surface area contributed by atoms with Gasteiger partial charge in [-0.3, -0.25) is 9.63 Å². The summed E-state index contributed by atoms with van der Waals surface area (Å²) in [7, 11) is 0. The second kappa shape index (κ2) is 12.9. The van der Waals surface area contributed by atoms with Gasteiger partial charge in [-0.1, -0.05) is 81.9 Å². The van der Waals surface area contributed by atoms with Crippen LogP contribution in [0.15, 0.2) is 43.0 Å². The molecule has 3 nitrogen and oxygen atoms in total. The molecule has 1 aromatic carbocycles. The van der Waals surface area contributed by atoms with Gasteiger partial charge in [0.15, 0.2) is 0 Å². The molecule has 0 unspecified atom stereocenters. The summed E-state index contributed by atoms with van der Waals surface area (Å²) in [5, 5.41) is 1.44. The fourth-order valence-corrected chi connectivity index (χ4v) is 2.43. The monoisotopic (exact) mass is 317 g/mol. The number of carbonyl (C=O) groups is 1. The number of hydrogen-bond acceptors (Lipinski definition) is 2. The number of carbonyl (C=O) groups excluding carboxylic acids is 1. The van der Waals surface area contributed by atoms with Gasteiger partial charge in [-0.25, -0.2) is 5.06 Å². The van der Waals surface area contributed by atoms with Gasteiger partial charge < -0.3 is 0 Å². The first-order valence-electron chi connectivity index (χ1n) is 8.86. The van der Waals surface area contributed by atoms with Crippen molar-refractivity contribution in [3.63, 3.8) is 0 Å². The first kappa shape index (κ1) is 19.4. The quantitative estimate of drug-likeness (QED) is 0.282. The minimum atomic E-state index is 0.0504. The van der Waals surface area contributed by atoms with Gasteiger partial charge in [0.05, 0.1) is 6.54 Å². The molecule has 0 aliphatic rings. The van der Waals surface area contributed by atoms with Crippen molar-refractivity contribution in [1.82, 2.24) is 5.06 Å². The maximum absolute atomic E-state index is 12.2. The second-order valence-electron chi connectivity index (χ2n) is 5.87. The first-order chi connectivity index (χ1) is 11.3. The molecule has 1 amide bonds. The number of nitrogens with zero attached hydrogens (tertiary/aromatic N) is 1. The van der Waals surface area contributed by atoms with Crippen LogP contribution in [-0.2, 0) is 16.2 Å². The van der Waals surface area contributed by atoms with Crippen LogP contribution < -0.4 is 0 Å². The molecule has 1 rings (SSSR count). The minimum Gasteiger partial charge on any atom is -0.273 e. The lowest BCUT2D eigenvalue weighted by Crippen LogP contribution is -2.31. The van der Waals surface area contributed by atoms with Crippen LogP contribution in [0.4, 0.5) is 0 Å². The molecule has 0 fully saturated rings. The molecule has 0 heterocycles. The van der Waals surface area contributed by atoms with Crippen molar-refractivity contribution in [3.8, 4) is 0 Å². The summed E-state index contributed by atoms with van der Waals surface area (Å²) in [6, 6.07) is 9.89. The molecule has 0 saturated carbocycles. The van der Waals surface area contributed by atoms with Crippen molar-refractivity contribution >= 4 is 5.91 Å². The predicted molar refractivity (Wildman–Crippen MR) is 95.8 cm³/mol. The first-order valence-corrected chi connectivity index (χ1v) is 8.86. The van der Waals surface area contributed by atoms with E-state index < -0.39 is 0 Å². The third kappa shape index (κ3) is 9.19. The molecule has 0 bridgehead atoms. The second-order valence-corrected chi connectivity index (χ2v) is 5.87. The Kier molecular flexibility index (Phi) is 10.9. The highest BCUT2D eigenvalue weighted by Gasteiger charge is 2.12. The summed E-state index contributed by atoms with van der Waals surface area (Å²) in [6.45, 7) is 6.77. The summed E-state index contributed by atoms with van der Waals surface area (Å²) >= 11 is 0. The molecule has 0 aliphatic heterocycles. The number of benzene rings is 1. The summed E-state index contributed by atoms with van der Waals surface area (Å²) in [5.74, 6) is 0.0504. The van der Waals surface area contributed by atoms with E-state index in [1.165, 1.54) is 37.2 Å².